The van der Waals surface area contributed by atoms with E-state index in [4.69, 9.17) is 25.0 Å². The van der Waals surface area contributed by atoms with Gasteiger partial charge in [-0.05, 0) is 45.2 Å². The standard InChI is InChI=1S/C34H32N4O5.Fe/c1-7-20-17(3)23-13-24-19(5)22(9-10-31(39)40)28(37-24)16-30-34(12-11-32(41)43-34)33(6,42)29(38-30)15-27-21(8-2)18(4)25(36-27)14-26(20)35-23;/h7-8,13-16,42H,1-2,9-12H2,3-6H3,(H,39,40);/q-4;+4/b23-13-,26-14+,29-15-,30-16-;/t33-,34+;/m0./s1. The number of rotatable bonds is 5. The fraction of sp³-hybridized carbons (Fsp3) is 0.294. The van der Waals surface area contributed by atoms with Crippen molar-refractivity contribution in [2.75, 3.05) is 0 Å². The van der Waals surface area contributed by atoms with E-state index >= 15 is 0 Å². The van der Waals surface area contributed by atoms with Crippen molar-refractivity contribution in [3.8, 4) is 0 Å². The molecule has 0 saturated carbocycles. The van der Waals surface area contributed by atoms with E-state index in [0.717, 1.165) is 33.4 Å². The summed E-state index contributed by atoms with van der Waals surface area (Å²) in [6, 6.07) is 0. The fourth-order valence-electron chi connectivity index (χ4n) is 6.38. The minimum atomic E-state index is -1.68. The Morgan fingerprint density at radius 2 is 1.55 bits per heavy atom. The van der Waals surface area contributed by atoms with Crippen molar-refractivity contribution in [3.63, 3.8) is 0 Å². The molecular weight excluding hydrogens is 600 g/mol. The maximum absolute atomic E-state index is 12.5. The topological polar surface area (TPSA) is 140 Å². The fourth-order valence-corrected chi connectivity index (χ4v) is 6.38. The summed E-state index contributed by atoms with van der Waals surface area (Å²) in [5.41, 5.74) is 4.94. The van der Waals surface area contributed by atoms with Gasteiger partial charge < -0.3 is 35.2 Å². The summed E-state index contributed by atoms with van der Waals surface area (Å²) < 4.78 is 5.89. The molecule has 226 valence electrons. The Balaban J connectivity index is 0.00000384. The first-order valence-electron chi connectivity index (χ1n) is 14.2. The molecule has 0 unspecified atom stereocenters. The van der Waals surface area contributed by atoms with Gasteiger partial charge in [0.1, 0.15) is 11.2 Å². The van der Waals surface area contributed by atoms with Gasteiger partial charge in [-0.1, -0.05) is 71.9 Å². The summed E-state index contributed by atoms with van der Waals surface area (Å²) in [5, 5.41) is 27.8. The van der Waals surface area contributed by atoms with Crippen molar-refractivity contribution in [2.45, 2.75) is 64.6 Å². The van der Waals surface area contributed by atoms with E-state index in [-0.39, 0.29) is 48.4 Å². The Bertz CT molecular complexity index is 1930. The van der Waals surface area contributed by atoms with Gasteiger partial charge in [0.05, 0.1) is 0 Å². The monoisotopic (exact) mass is 632 g/mol. The van der Waals surface area contributed by atoms with Gasteiger partial charge >= 0.3 is 29.0 Å². The molecular formula is C34H32FeN4O5. The molecule has 0 aliphatic carbocycles. The predicted molar refractivity (Wildman–Crippen MR) is 164 cm³/mol. The van der Waals surface area contributed by atoms with Crippen LogP contribution in [0.1, 0.15) is 82.3 Å². The average Bonchev–Trinajstić information content (AvgIpc) is 3.69. The number of hydrogen-bond donors (Lipinski definition) is 2. The van der Waals surface area contributed by atoms with Crippen molar-refractivity contribution < 1.29 is 41.6 Å². The van der Waals surface area contributed by atoms with Crippen LogP contribution >= 0.6 is 0 Å². The van der Waals surface area contributed by atoms with Crippen LogP contribution in [0.4, 0.5) is 0 Å². The Kier molecular flexibility index (Phi) is 7.82. The second kappa shape index (κ2) is 11.0. The molecule has 3 aliphatic rings. The number of nitrogens with zero attached hydrogens (tertiary/aromatic N) is 4. The number of aliphatic carboxylic acids is 1. The van der Waals surface area contributed by atoms with Gasteiger partial charge in [-0.2, -0.15) is 0 Å². The zero-order valence-electron chi connectivity index (χ0n) is 25.0. The zero-order valence-corrected chi connectivity index (χ0v) is 26.1. The molecule has 2 saturated heterocycles. The van der Waals surface area contributed by atoms with Crippen LogP contribution in [0.25, 0.3) is 41.8 Å². The Hall–Kier alpha value is -4.24. The molecule has 10 heteroatoms. The number of hydrogen-bond acceptors (Lipinski definition) is 4. The van der Waals surface area contributed by atoms with Crippen LogP contribution in [0.2, 0.25) is 0 Å². The molecule has 1 spiro atoms. The molecule has 0 aromatic carbocycles. The van der Waals surface area contributed by atoms with Gasteiger partial charge in [-0.3, -0.25) is 9.59 Å². The molecule has 2 fully saturated rings. The number of aromatic nitrogens is 3. The van der Waals surface area contributed by atoms with E-state index in [9.17, 15) is 19.8 Å². The number of esters is 1. The van der Waals surface area contributed by atoms with Crippen LogP contribution in [0.15, 0.2) is 24.6 Å². The number of carboxylic acids is 1. The van der Waals surface area contributed by atoms with Crippen LogP contribution in [-0.4, -0.2) is 33.4 Å². The summed E-state index contributed by atoms with van der Waals surface area (Å²) in [6.07, 6.45) is 11.2. The van der Waals surface area contributed by atoms with Gasteiger partial charge in [-0.15, -0.1) is 44.9 Å². The summed E-state index contributed by atoms with van der Waals surface area (Å²) in [7, 11) is 0. The van der Waals surface area contributed by atoms with Crippen LogP contribution < -0.4 is 25.7 Å². The third-order valence-corrected chi connectivity index (χ3v) is 9.00. The maximum Gasteiger partial charge on any atom is 4.00 e. The molecule has 2 atom stereocenters. The molecule has 44 heavy (non-hydrogen) atoms. The Morgan fingerprint density at radius 3 is 2.18 bits per heavy atom. The first-order valence-corrected chi connectivity index (χ1v) is 14.2. The minimum Gasteiger partial charge on any atom is -0.659 e. The molecule has 9 nitrogen and oxygen atoms in total. The first-order chi connectivity index (χ1) is 20.4. The minimum absolute atomic E-state index is 0. The summed E-state index contributed by atoms with van der Waals surface area (Å²) in [5.74, 6) is -1.36. The number of aliphatic hydroxyl groups is 1. The van der Waals surface area contributed by atoms with Crippen molar-refractivity contribution in [3.05, 3.63) is 96.7 Å². The Morgan fingerprint density at radius 1 is 0.909 bits per heavy atom. The van der Waals surface area contributed by atoms with Crippen molar-refractivity contribution in [2.24, 2.45) is 0 Å². The molecule has 8 bridgehead atoms. The third kappa shape index (κ3) is 4.65. The SMILES string of the molecule is C=Cc1c2[n-]c(c1C)/C=c1/[n-]/c(c(C)c1C=C)=C\c1[n-]c(c(CCC(=O)O)c1C)/C=C1\[N-]/C(=C\2)[C@](C)(O)[C@@]12CCC(=O)O2.[Fe+4]. The van der Waals surface area contributed by atoms with Crippen LogP contribution in [0.3, 0.4) is 0 Å². The van der Waals surface area contributed by atoms with Gasteiger partial charge in [0, 0.05) is 19.3 Å². The van der Waals surface area contributed by atoms with Crippen LogP contribution in [0, 0.1) is 20.8 Å². The zero-order chi connectivity index (χ0) is 30.8. The molecule has 6 rings (SSSR count). The van der Waals surface area contributed by atoms with Gasteiger partial charge in [0.15, 0.2) is 0 Å². The largest absolute Gasteiger partial charge is 4.00 e. The molecule has 0 amide bonds. The average molecular weight is 632 g/mol. The summed E-state index contributed by atoms with van der Waals surface area (Å²) in [4.78, 5) is 38.8. The molecule has 3 aliphatic heterocycles. The van der Waals surface area contributed by atoms with E-state index in [1.807, 2.05) is 32.9 Å². The van der Waals surface area contributed by atoms with Crippen molar-refractivity contribution >= 4 is 48.4 Å². The molecule has 2 N–H and O–H groups in total. The van der Waals surface area contributed by atoms with E-state index in [1.54, 1.807) is 31.2 Å². The smallest absolute Gasteiger partial charge is 0.659 e. The second-order valence-corrected chi connectivity index (χ2v) is 11.5. The van der Waals surface area contributed by atoms with E-state index < -0.39 is 23.1 Å². The molecule has 3 aromatic rings. The molecule has 0 radical (unpaired) electrons. The first kappa shape index (κ1) is 31.2. The maximum atomic E-state index is 12.5. The van der Waals surface area contributed by atoms with Crippen molar-refractivity contribution in [1.29, 1.82) is 0 Å². The van der Waals surface area contributed by atoms with E-state index in [0.29, 0.717) is 39.2 Å². The molecule has 6 heterocycles. The molecule has 3 aromatic heterocycles. The van der Waals surface area contributed by atoms with Gasteiger partial charge in [0.25, 0.3) is 0 Å². The van der Waals surface area contributed by atoms with Crippen molar-refractivity contribution in [1.82, 2.24) is 15.0 Å². The quantitative estimate of drug-likeness (QED) is 0.323. The predicted octanol–water partition coefficient (Wildman–Crippen LogP) is 3.35. The van der Waals surface area contributed by atoms with Crippen LogP contribution in [0.5, 0.6) is 0 Å². The second-order valence-electron chi connectivity index (χ2n) is 11.5. The number of carbonyl (C=O) groups excluding carboxylic acids is 1. The number of carbonyl (C=O) groups is 2. The number of carboxylic acid groups (broad SMARTS) is 1. The number of fused-ring (bicyclic) bond motifs is 9. The van der Waals surface area contributed by atoms with E-state index in [1.165, 1.54) is 0 Å². The number of ether oxygens (including phenoxy) is 1. The van der Waals surface area contributed by atoms with Gasteiger partial charge in [0.2, 0.25) is 0 Å². The van der Waals surface area contributed by atoms with Crippen LogP contribution in [-0.2, 0) is 37.8 Å². The summed E-state index contributed by atoms with van der Waals surface area (Å²) in [6.45, 7) is 15.4. The van der Waals surface area contributed by atoms with Gasteiger partial charge in [-0.25, -0.2) is 0 Å². The Labute approximate surface area is 265 Å². The normalized spacial score (nSPS) is 25.7. The summed E-state index contributed by atoms with van der Waals surface area (Å²) >= 11 is 0. The van der Waals surface area contributed by atoms with E-state index in [2.05, 4.69) is 13.2 Å². The third-order valence-electron chi connectivity index (χ3n) is 9.00.